The number of nitrogens with zero attached hydrogens (tertiary/aromatic N) is 3. The molecule has 158 valence electrons. The van der Waals surface area contributed by atoms with Crippen LogP contribution < -0.4 is 10.1 Å². The summed E-state index contributed by atoms with van der Waals surface area (Å²) in [7, 11) is 0. The molecule has 1 aliphatic rings. The smallest absolute Gasteiger partial charge is 0.406 e. The number of carbonyl (C=O) groups excluding carboxylic acids is 1. The van der Waals surface area contributed by atoms with Crippen LogP contribution >= 0.6 is 11.3 Å². The Morgan fingerprint density at radius 3 is 2.77 bits per heavy atom. The van der Waals surface area contributed by atoms with Crippen LogP contribution in [0.15, 0.2) is 36.7 Å². The average Bonchev–Trinajstić information content (AvgIpc) is 3.35. The number of carbonyl (C=O) groups is 1. The molecule has 0 bridgehead atoms. The Bertz CT molecular complexity index is 1060. The van der Waals surface area contributed by atoms with E-state index in [1.807, 2.05) is 0 Å². The van der Waals surface area contributed by atoms with Crippen molar-refractivity contribution < 1.29 is 27.8 Å². The van der Waals surface area contributed by atoms with Gasteiger partial charge >= 0.3 is 6.36 Å². The molecule has 1 aromatic carbocycles. The number of rotatable bonds is 5. The van der Waals surface area contributed by atoms with Crippen LogP contribution in [-0.4, -0.2) is 51.4 Å². The third-order valence-electron chi connectivity index (χ3n) is 4.74. The molecule has 3 heterocycles. The lowest BCUT2D eigenvalue weighted by molar-refractivity contribution is -0.274. The summed E-state index contributed by atoms with van der Waals surface area (Å²) >= 11 is 1.23. The van der Waals surface area contributed by atoms with Gasteiger partial charge in [0.05, 0.1) is 22.9 Å². The molecule has 3 aromatic rings. The number of halogens is 3. The number of likely N-dealkylation sites (tertiary alicyclic amines) is 1. The molecule has 1 fully saturated rings. The molecule has 2 N–H and O–H groups in total. The van der Waals surface area contributed by atoms with Crippen molar-refractivity contribution in [1.82, 2.24) is 14.9 Å². The van der Waals surface area contributed by atoms with Gasteiger partial charge in [0.1, 0.15) is 22.7 Å². The van der Waals surface area contributed by atoms with E-state index in [1.54, 1.807) is 11.0 Å². The summed E-state index contributed by atoms with van der Waals surface area (Å²) in [5, 5.41) is 13.1. The fourth-order valence-electron chi connectivity index (χ4n) is 3.37. The number of amides is 1. The minimum absolute atomic E-state index is 0.0721. The second-order valence-corrected chi connectivity index (χ2v) is 7.76. The minimum atomic E-state index is -4.75. The maximum absolute atomic E-state index is 12.9. The molecule has 0 spiro atoms. The van der Waals surface area contributed by atoms with Gasteiger partial charge in [-0.25, -0.2) is 9.97 Å². The van der Waals surface area contributed by atoms with Crippen LogP contribution in [0.25, 0.3) is 10.2 Å². The number of anilines is 2. The Balaban J connectivity index is 1.56. The van der Waals surface area contributed by atoms with E-state index in [9.17, 15) is 23.1 Å². The highest BCUT2D eigenvalue weighted by atomic mass is 32.1. The van der Waals surface area contributed by atoms with Gasteiger partial charge in [0.2, 0.25) is 0 Å². The number of aliphatic hydroxyl groups is 1. The summed E-state index contributed by atoms with van der Waals surface area (Å²) in [6.45, 7) is 0.527. The summed E-state index contributed by atoms with van der Waals surface area (Å²) in [5.74, 6) is -0.0533. The molecule has 1 atom stereocenters. The van der Waals surface area contributed by atoms with E-state index in [1.165, 1.54) is 41.9 Å². The lowest BCUT2D eigenvalue weighted by Crippen LogP contribution is -2.37. The zero-order valence-electron chi connectivity index (χ0n) is 15.5. The van der Waals surface area contributed by atoms with Gasteiger partial charge in [-0.05, 0) is 43.2 Å². The Morgan fingerprint density at radius 1 is 1.30 bits per heavy atom. The lowest BCUT2D eigenvalue weighted by atomic mass is 10.2. The van der Waals surface area contributed by atoms with Gasteiger partial charge in [0.15, 0.2) is 0 Å². The van der Waals surface area contributed by atoms with Crippen molar-refractivity contribution in [3.8, 4) is 5.75 Å². The topological polar surface area (TPSA) is 87.6 Å². The Kier molecular flexibility index (Phi) is 5.48. The van der Waals surface area contributed by atoms with E-state index in [0.717, 1.165) is 12.8 Å². The van der Waals surface area contributed by atoms with Crippen molar-refractivity contribution in [2.45, 2.75) is 25.2 Å². The normalized spacial score (nSPS) is 16.8. The van der Waals surface area contributed by atoms with Crippen molar-refractivity contribution in [2.24, 2.45) is 0 Å². The number of fused-ring (bicyclic) bond motifs is 1. The first-order chi connectivity index (χ1) is 14.3. The maximum atomic E-state index is 12.9. The predicted octanol–water partition coefficient (Wildman–Crippen LogP) is 3.93. The average molecular weight is 438 g/mol. The molecule has 11 heteroatoms. The van der Waals surface area contributed by atoms with Crippen molar-refractivity contribution >= 4 is 39.0 Å². The van der Waals surface area contributed by atoms with Crippen molar-refractivity contribution in [2.75, 3.05) is 18.5 Å². The number of ether oxygens (including phenoxy) is 1. The predicted molar refractivity (Wildman–Crippen MR) is 105 cm³/mol. The van der Waals surface area contributed by atoms with Crippen LogP contribution in [0.1, 0.15) is 22.5 Å². The molecule has 1 saturated heterocycles. The lowest BCUT2D eigenvalue weighted by Gasteiger charge is -2.22. The molecule has 1 aliphatic heterocycles. The summed E-state index contributed by atoms with van der Waals surface area (Å²) in [6.07, 6.45) is -1.78. The fraction of sp³-hybridized carbons (Fsp3) is 0.316. The van der Waals surface area contributed by atoms with E-state index in [2.05, 4.69) is 20.0 Å². The molecule has 2 aromatic heterocycles. The van der Waals surface area contributed by atoms with Gasteiger partial charge in [-0.2, -0.15) is 0 Å². The second kappa shape index (κ2) is 8.07. The van der Waals surface area contributed by atoms with Crippen LogP contribution in [0.5, 0.6) is 5.75 Å². The van der Waals surface area contributed by atoms with Gasteiger partial charge in [0.25, 0.3) is 5.91 Å². The van der Waals surface area contributed by atoms with E-state index in [0.29, 0.717) is 33.1 Å². The van der Waals surface area contributed by atoms with Crippen LogP contribution in [0, 0.1) is 0 Å². The van der Waals surface area contributed by atoms with E-state index >= 15 is 0 Å². The number of aliphatic hydroxyl groups excluding tert-OH is 1. The number of nitrogens with one attached hydrogen (secondary N) is 1. The summed E-state index contributed by atoms with van der Waals surface area (Å²) < 4.78 is 40.7. The Labute approximate surface area is 173 Å². The molecule has 1 amide bonds. The molecule has 4 rings (SSSR count). The van der Waals surface area contributed by atoms with Crippen LogP contribution in [0.2, 0.25) is 0 Å². The Hall–Kier alpha value is -2.92. The number of benzene rings is 1. The van der Waals surface area contributed by atoms with E-state index < -0.39 is 6.36 Å². The first kappa shape index (κ1) is 20.4. The zero-order valence-corrected chi connectivity index (χ0v) is 16.3. The van der Waals surface area contributed by atoms with E-state index in [-0.39, 0.29) is 24.3 Å². The standard InChI is InChI=1S/C19H17F3N4O3S/c20-19(21,22)29-13-5-3-11(4-6-13)25-16-14-8-15(30-17(14)24-10-23-16)18(28)26-7-1-2-12(26)9-27/h3-6,8,10,12,27H,1-2,7,9H2,(H,23,24,25)/t12-/m0/s1. The first-order valence-electron chi connectivity index (χ1n) is 9.13. The largest absolute Gasteiger partial charge is 0.573 e. The minimum Gasteiger partial charge on any atom is -0.406 e. The molecular weight excluding hydrogens is 421 g/mol. The monoisotopic (exact) mass is 438 g/mol. The number of thiophene rings is 1. The van der Waals surface area contributed by atoms with E-state index in [4.69, 9.17) is 0 Å². The molecule has 30 heavy (non-hydrogen) atoms. The number of hydrogen-bond acceptors (Lipinski definition) is 7. The second-order valence-electron chi connectivity index (χ2n) is 6.73. The van der Waals surface area contributed by atoms with Crippen LogP contribution in [0.3, 0.4) is 0 Å². The number of alkyl halides is 3. The Morgan fingerprint density at radius 2 is 2.07 bits per heavy atom. The highest BCUT2D eigenvalue weighted by Crippen LogP contribution is 2.32. The molecule has 0 unspecified atom stereocenters. The summed E-state index contributed by atoms with van der Waals surface area (Å²) in [5.41, 5.74) is 0.503. The molecule has 0 saturated carbocycles. The number of hydrogen-bond donors (Lipinski definition) is 2. The third-order valence-corrected chi connectivity index (χ3v) is 5.77. The third kappa shape index (κ3) is 4.31. The zero-order chi connectivity index (χ0) is 21.3. The highest BCUT2D eigenvalue weighted by molar-refractivity contribution is 7.20. The van der Waals surface area contributed by atoms with Gasteiger partial charge in [-0.1, -0.05) is 0 Å². The van der Waals surface area contributed by atoms with Crippen molar-refractivity contribution in [3.05, 3.63) is 41.5 Å². The molecule has 0 radical (unpaired) electrons. The van der Waals surface area contributed by atoms with Gasteiger partial charge in [0, 0.05) is 12.2 Å². The molecular formula is C19H17F3N4O3S. The summed E-state index contributed by atoms with van der Waals surface area (Å²) in [6, 6.07) is 6.77. The van der Waals surface area contributed by atoms with Crippen molar-refractivity contribution in [3.63, 3.8) is 0 Å². The molecule has 7 nitrogen and oxygen atoms in total. The first-order valence-corrected chi connectivity index (χ1v) is 9.95. The SMILES string of the molecule is O=C(c1cc2c(Nc3ccc(OC(F)(F)F)cc3)ncnc2s1)N1CCC[C@H]1CO. The van der Waals surface area contributed by atoms with Crippen molar-refractivity contribution in [1.29, 1.82) is 0 Å². The molecule has 0 aliphatic carbocycles. The van der Waals surface area contributed by atoms with Crippen LogP contribution in [0.4, 0.5) is 24.7 Å². The maximum Gasteiger partial charge on any atom is 0.573 e. The summed E-state index contributed by atoms with van der Waals surface area (Å²) in [4.78, 5) is 24.0. The highest BCUT2D eigenvalue weighted by Gasteiger charge is 2.31. The van der Waals surface area contributed by atoms with Gasteiger partial charge in [-0.15, -0.1) is 24.5 Å². The van der Waals surface area contributed by atoms with Gasteiger partial charge < -0.3 is 20.1 Å². The van der Waals surface area contributed by atoms with Crippen LogP contribution in [-0.2, 0) is 0 Å². The quantitative estimate of drug-likeness (QED) is 0.628. The number of aromatic nitrogens is 2. The fourth-order valence-corrected chi connectivity index (χ4v) is 4.33. The van der Waals surface area contributed by atoms with Gasteiger partial charge in [-0.3, -0.25) is 4.79 Å².